The highest BCUT2D eigenvalue weighted by atomic mass is 79.9. The van der Waals surface area contributed by atoms with Crippen LogP contribution in [0.5, 0.6) is 0 Å². The number of likely N-dealkylation sites (tertiary alicyclic amines) is 1. The van der Waals surface area contributed by atoms with E-state index in [1.54, 1.807) is 0 Å². The summed E-state index contributed by atoms with van der Waals surface area (Å²) in [7, 11) is 0. The van der Waals surface area contributed by atoms with Crippen LogP contribution < -0.4 is 5.73 Å². The lowest BCUT2D eigenvalue weighted by atomic mass is 9.88. The summed E-state index contributed by atoms with van der Waals surface area (Å²) in [6, 6.07) is 8.02. The van der Waals surface area contributed by atoms with Gasteiger partial charge in [0.2, 0.25) is 5.91 Å². The second-order valence-electron chi connectivity index (χ2n) is 5.92. The van der Waals surface area contributed by atoms with Gasteiger partial charge in [-0.05, 0) is 44.4 Å². The van der Waals surface area contributed by atoms with Crippen molar-refractivity contribution >= 4 is 21.8 Å². The molecule has 19 heavy (non-hydrogen) atoms. The smallest absolute Gasteiger partial charge is 0.227 e. The summed E-state index contributed by atoms with van der Waals surface area (Å²) in [5, 5.41) is 0. The van der Waals surface area contributed by atoms with E-state index in [1.807, 2.05) is 29.2 Å². The summed E-state index contributed by atoms with van der Waals surface area (Å²) in [5.74, 6) is 0.169. The maximum absolute atomic E-state index is 12.5. The minimum atomic E-state index is -0.0810. The number of hydrogen-bond acceptors (Lipinski definition) is 2. The molecule has 4 heteroatoms. The van der Waals surface area contributed by atoms with E-state index in [4.69, 9.17) is 5.73 Å². The molecule has 0 radical (unpaired) electrons. The van der Waals surface area contributed by atoms with E-state index >= 15 is 0 Å². The second-order valence-corrected chi connectivity index (χ2v) is 6.83. The summed E-state index contributed by atoms with van der Waals surface area (Å²) in [6.45, 7) is 4.92. The van der Waals surface area contributed by atoms with Crippen molar-refractivity contribution in [3.05, 3.63) is 34.3 Å². The van der Waals surface area contributed by atoms with Crippen LogP contribution in [-0.2, 0) is 11.2 Å². The molecular formula is C15H21BrN2O. The first kappa shape index (κ1) is 14.5. The predicted molar refractivity (Wildman–Crippen MR) is 80.8 cm³/mol. The molecular weight excluding hydrogens is 304 g/mol. The first-order chi connectivity index (χ1) is 8.88. The highest BCUT2D eigenvalue weighted by Crippen LogP contribution is 2.27. The van der Waals surface area contributed by atoms with Crippen molar-refractivity contribution < 1.29 is 4.79 Å². The lowest BCUT2D eigenvalue weighted by Crippen LogP contribution is -2.57. The van der Waals surface area contributed by atoms with Gasteiger partial charge >= 0.3 is 0 Å². The maximum atomic E-state index is 12.5. The Labute approximate surface area is 123 Å². The molecule has 1 aromatic carbocycles. The van der Waals surface area contributed by atoms with Crippen molar-refractivity contribution in [2.24, 2.45) is 5.73 Å². The summed E-state index contributed by atoms with van der Waals surface area (Å²) < 4.78 is 1.03. The van der Waals surface area contributed by atoms with Crippen molar-refractivity contribution in [1.29, 1.82) is 0 Å². The van der Waals surface area contributed by atoms with Gasteiger partial charge in [-0.15, -0.1) is 0 Å². The van der Waals surface area contributed by atoms with Crippen molar-refractivity contribution in [2.45, 2.75) is 44.7 Å². The Morgan fingerprint density at radius 2 is 2.05 bits per heavy atom. The van der Waals surface area contributed by atoms with E-state index in [2.05, 4.69) is 29.8 Å². The highest BCUT2D eigenvalue weighted by molar-refractivity contribution is 9.10. The molecule has 1 unspecified atom stereocenters. The monoisotopic (exact) mass is 324 g/mol. The van der Waals surface area contributed by atoms with Gasteiger partial charge in [-0.1, -0.05) is 28.1 Å². The van der Waals surface area contributed by atoms with Crippen LogP contribution in [0.3, 0.4) is 0 Å². The minimum Gasteiger partial charge on any atom is -0.336 e. The zero-order valence-corrected chi connectivity index (χ0v) is 13.1. The van der Waals surface area contributed by atoms with Gasteiger partial charge in [-0.2, -0.15) is 0 Å². The van der Waals surface area contributed by atoms with Gasteiger partial charge in [0.1, 0.15) is 0 Å². The van der Waals surface area contributed by atoms with Gasteiger partial charge in [-0.25, -0.2) is 0 Å². The molecule has 1 amide bonds. The van der Waals surface area contributed by atoms with Crippen LogP contribution in [0.1, 0.15) is 32.3 Å². The fourth-order valence-corrected chi connectivity index (χ4v) is 2.82. The molecule has 1 heterocycles. The summed E-state index contributed by atoms with van der Waals surface area (Å²) >= 11 is 3.40. The van der Waals surface area contributed by atoms with E-state index in [-0.39, 0.29) is 17.5 Å². The Morgan fingerprint density at radius 1 is 1.42 bits per heavy atom. The van der Waals surface area contributed by atoms with Gasteiger partial charge in [0.15, 0.2) is 0 Å². The van der Waals surface area contributed by atoms with E-state index < -0.39 is 0 Å². The van der Waals surface area contributed by atoms with Crippen molar-refractivity contribution in [2.75, 3.05) is 6.54 Å². The third-order valence-corrected chi connectivity index (χ3v) is 4.37. The molecule has 1 aromatic rings. The molecule has 104 valence electrons. The van der Waals surface area contributed by atoms with Crippen LogP contribution in [0.15, 0.2) is 28.7 Å². The largest absolute Gasteiger partial charge is 0.336 e. The molecule has 1 aliphatic heterocycles. The number of carbonyl (C=O) groups is 1. The normalized spacial score (nSPS) is 22.3. The Hall–Kier alpha value is -0.870. The molecule has 3 nitrogen and oxygen atoms in total. The van der Waals surface area contributed by atoms with Crippen molar-refractivity contribution in [3.63, 3.8) is 0 Å². The summed E-state index contributed by atoms with van der Waals surface area (Å²) in [6.07, 6.45) is 2.42. The average molecular weight is 325 g/mol. The number of nitrogens with two attached hydrogens (primary N) is 1. The Morgan fingerprint density at radius 3 is 2.68 bits per heavy atom. The van der Waals surface area contributed by atoms with Gasteiger partial charge in [-0.3, -0.25) is 4.79 Å². The zero-order chi connectivity index (χ0) is 14.0. The minimum absolute atomic E-state index is 0.0810. The Balaban J connectivity index is 2.07. The topological polar surface area (TPSA) is 46.3 Å². The standard InChI is InChI=1S/C15H21BrN2O/c1-15(2)8-7-13(17)10-18(15)14(19)9-11-3-5-12(16)6-4-11/h3-6,13H,7-10,17H2,1-2H3. The third-order valence-electron chi connectivity index (χ3n) is 3.84. The third kappa shape index (κ3) is 3.57. The Bertz CT molecular complexity index is 456. The van der Waals surface area contributed by atoms with Gasteiger partial charge in [0.25, 0.3) is 0 Å². The molecule has 1 atom stereocenters. The van der Waals surface area contributed by atoms with Gasteiger partial charge in [0, 0.05) is 22.6 Å². The zero-order valence-electron chi connectivity index (χ0n) is 11.5. The molecule has 0 aromatic heterocycles. The van der Waals surface area contributed by atoms with Crippen LogP contribution >= 0.6 is 15.9 Å². The summed E-state index contributed by atoms with van der Waals surface area (Å²) in [4.78, 5) is 14.4. The quantitative estimate of drug-likeness (QED) is 0.909. The molecule has 0 bridgehead atoms. The maximum Gasteiger partial charge on any atom is 0.227 e. The van der Waals surface area contributed by atoms with E-state index in [1.165, 1.54) is 0 Å². The molecule has 1 fully saturated rings. The van der Waals surface area contributed by atoms with E-state index in [0.29, 0.717) is 13.0 Å². The number of hydrogen-bond donors (Lipinski definition) is 1. The summed E-state index contributed by atoms with van der Waals surface area (Å²) in [5.41, 5.74) is 6.96. The molecule has 0 saturated carbocycles. The number of benzene rings is 1. The Kier molecular flexibility index (Phi) is 4.31. The molecule has 0 spiro atoms. The molecule has 0 aliphatic carbocycles. The fraction of sp³-hybridized carbons (Fsp3) is 0.533. The lowest BCUT2D eigenvalue weighted by molar-refractivity contribution is -0.138. The molecule has 2 rings (SSSR count). The second kappa shape index (κ2) is 5.63. The van der Waals surface area contributed by atoms with Crippen molar-refractivity contribution in [3.8, 4) is 0 Å². The lowest BCUT2D eigenvalue weighted by Gasteiger charge is -2.45. The van der Waals surface area contributed by atoms with Crippen LogP contribution in [-0.4, -0.2) is 28.9 Å². The van der Waals surface area contributed by atoms with Gasteiger partial charge in [0.05, 0.1) is 6.42 Å². The first-order valence-corrected chi connectivity index (χ1v) is 7.48. The van der Waals surface area contributed by atoms with Crippen LogP contribution in [0.2, 0.25) is 0 Å². The number of amides is 1. The highest BCUT2D eigenvalue weighted by Gasteiger charge is 2.35. The SMILES string of the molecule is CC1(C)CCC(N)CN1C(=O)Cc1ccc(Br)cc1. The fourth-order valence-electron chi connectivity index (χ4n) is 2.56. The molecule has 1 aliphatic rings. The number of halogens is 1. The van der Waals surface area contributed by atoms with Crippen LogP contribution in [0.25, 0.3) is 0 Å². The van der Waals surface area contributed by atoms with Gasteiger partial charge < -0.3 is 10.6 Å². The van der Waals surface area contributed by atoms with Crippen LogP contribution in [0, 0.1) is 0 Å². The average Bonchev–Trinajstić information content (AvgIpc) is 2.35. The first-order valence-electron chi connectivity index (χ1n) is 6.69. The predicted octanol–water partition coefficient (Wildman–Crippen LogP) is 2.72. The molecule has 2 N–H and O–H groups in total. The van der Waals surface area contributed by atoms with E-state index in [9.17, 15) is 4.79 Å². The molecule has 1 saturated heterocycles. The number of carbonyl (C=O) groups excluding carboxylic acids is 1. The van der Waals surface area contributed by atoms with Crippen LogP contribution in [0.4, 0.5) is 0 Å². The van der Waals surface area contributed by atoms with E-state index in [0.717, 1.165) is 22.9 Å². The van der Waals surface area contributed by atoms with Crippen molar-refractivity contribution in [1.82, 2.24) is 4.90 Å². The number of piperidine rings is 1. The number of nitrogens with zero attached hydrogens (tertiary/aromatic N) is 1. The number of rotatable bonds is 2.